The quantitative estimate of drug-likeness (QED) is 0.768. The molecule has 1 amide bonds. The lowest BCUT2D eigenvalue weighted by molar-refractivity contribution is -0.115. The van der Waals surface area contributed by atoms with Crippen LogP contribution in [0.2, 0.25) is 0 Å². The predicted octanol–water partition coefficient (Wildman–Crippen LogP) is 3.93. The third-order valence-corrected chi connectivity index (χ3v) is 3.15. The average Bonchev–Trinajstić information content (AvgIpc) is 2.11. The Morgan fingerprint density at radius 2 is 2.07 bits per heavy atom. The highest BCUT2D eigenvalue weighted by atomic mass is 79.9. The zero-order valence-corrected chi connectivity index (χ0v) is 12.1. The number of amides is 1. The first kappa shape index (κ1) is 12.2. The van der Waals surface area contributed by atoms with Gasteiger partial charge in [-0.25, -0.2) is 0 Å². The monoisotopic (exact) mass is 383 g/mol. The molecule has 0 saturated heterocycles. The van der Waals surface area contributed by atoms with Gasteiger partial charge in [-0.05, 0) is 41.1 Å². The lowest BCUT2D eigenvalue weighted by Crippen LogP contribution is -2.20. The van der Waals surface area contributed by atoms with Crippen LogP contribution in [-0.4, -0.2) is 10.7 Å². The molecule has 0 heterocycles. The van der Waals surface area contributed by atoms with Gasteiger partial charge in [0.05, 0.1) is 10.5 Å². The molecule has 76 valence electrons. The molecular weight excluding hydrogens is 378 g/mol. The summed E-state index contributed by atoms with van der Waals surface area (Å²) in [7, 11) is 0. The van der Waals surface area contributed by atoms with Crippen LogP contribution in [-0.2, 0) is 4.79 Å². The normalized spacial score (nSPS) is 12.3. The Kier molecular flexibility index (Phi) is 4.60. The molecule has 0 fully saturated rings. The SMILES string of the molecule is CC(Br)C(=O)Nc1cc(Br)ccc1Br. The van der Waals surface area contributed by atoms with Crippen molar-refractivity contribution in [1.82, 2.24) is 0 Å². The number of rotatable bonds is 2. The van der Waals surface area contributed by atoms with Gasteiger partial charge in [-0.2, -0.15) is 0 Å². The number of carbonyl (C=O) groups excluding carboxylic acids is 1. The summed E-state index contributed by atoms with van der Waals surface area (Å²) < 4.78 is 1.79. The van der Waals surface area contributed by atoms with Crippen molar-refractivity contribution in [3.63, 3.8) is 0 Å². The van der Waals surface area contributed by atoms with Crippen molar-refractivity contribution in [2.75, 3.05) is 5.32 Å². The number of hydrogen-bond donors (Lipinski definition) is 1. The van der Waals surface area contributed by atoms with E-state index in [1.165, 1.54) is 0 Å². The fourth-order valence-corrected chi connectivity index (χ4v) is 1.65. The number of benzene rings is 1. The number of hydrogen-bond acceptors (Lipinski definition) is 1. The molecule has 1 unspecified atom stereocenters. The molecule has 0 saturated carbocycles. The third-order valence-electron chi connectivity index (χ3n) is 1.55. The lowest BCUT2D eigenvalue weighted by atomic mass is 10.3. The van der Waals surface area contributed by atoms with E-state index in [1.807, 2.05) is 18.2 Å². The van der Waals surface area contributed by atoms with Crippen LogP contribution in [0.1, 0.15) is 6.92 Å². The second-order valence-corrected chi connectivity index (χ2v) is 5.87. The summed E-state index contributed by atoms with van der Waals surface area (Å²) in [6, 6.07) is 5.62. The van der Waals surface area contributed by atoms with Crippen LogP contribution in [0.25, 0.3) is 0 Å². The average molecular weight is 386 g/mol. The predicted molar refractivity (Wildman–Crippen MR) is 68.9 cm³/mol. The van der Waals surface area contributed by atoms with E-state index in [0.29, 0.717) is 0 Å². The molecule has 0 radical (unpaired) electrons. The Balaban J connectivity index is 2.86. The summed E-state index contributed by atoms with van der Waals surface area (Å²) in [4.78, 5) is 11.2. The first-order valence-corrected chi connectivity index (χ1v) is 6.41. The van der Waals surface area contributed by atoms with Gasteiger partial charge in [0.25, 0.3) is 0 Å². The van der Waals surface area contributed by atoms with Crippen molar-refractivity contribution in [2.45, 2.75) is 11.8 Å². The van der Waals surface area contributed by atoms with E-state index in [2.05, 4.69) is 53.1 Å². The fraction of sp³-hybridized carbons (Fsp3) is 0.222. The molecule has 0 aliphatic heterocycles. The minimum atomic E-state index is -0.201. The van der Waals surface area contributed by atoms with E-state index in [9.17, 15) is 4.79 Å². The van der Waals surface area contributed by atoms with Crippen molar-refractivity contribution in [1.29, 1.82) is 0 Å². The first-order valence-electron chi connectivity index (χ1n) is 3.90. The molecule has 1 N–H and O–H groups in total. The first-order chi connectivity index (χ1) is 6.50. The van der Waals surface area contributed by atoms with Gasteiger partial charge in [0, 0.05) is 8.95 Å². The molecule has 0 bridgehead atoms. The van der Waals surface area contributed by atoms with Crippen LogP contribution >= 0.6 is 47.8 Å². The molecule has 1 rings (SSSR count). The maximum atomic E-state index is 11.4. The largest absolute Gasteiger partial charge is 0.324 e. The number of anilines is 1. The zero-order chi connectivity index (χ0) is 10.7. The Bertz CT molecular complexity index is 352. The summed E-state index contributed by atoms with van der Waals surface area (Å²) in [5, 5.41) is 2.79. The standard InChI is InChI=1S/C9H8Br3NO/c1-5(10)9(14)13-8-4-6(11)2-3-7(8)12/h2-5H,1H3,(H,13,14). The molecule has 2 nitrogen and oxygen atoms in total. The second kappa shape index (κ2) is 5.28. The molecule has 14 heavy (non-hydrogen) atoms. The van der Waals surface area contributed by atoms with Gasteiger partial charge in [-0.1, -0.05) is 31.9 Å². The van der Waals surface area contributed by atoms with Crippen LogP contribution in [0.3, 0.4) is 0 Å². The maximum Gasteiger partial charge on any atom is 0.237 e. The topological polar surface area (TPSA) is 29.1 Å². The van der Waals surface area contributed by atoms with Crippen molar-refractivity contribution in [2.24, 2.45) is 0 Å². The van der Waals surface area contributed by atoms with Crippen LogP contribution in [0.15, 0.2) is 27.1 Å². The van der Waals surface area contributed by atoms with Gasteiger partial charge >= 0.3 is 0 Å². The van der Waals surface area contributed by atoms with Crippen LogP contribution < -0.4 is 5.32 Å². The smallest absolute Gasteiger partial charge is 0.237 e. The van der Waals surface area contributed by atoms with Crippen LogP contribution in [0, 0.1) is 0 Å². The van der Waals surface area contributed by atoms with E-state index in [0.717, 1.165) is 14.6 Å². The highest BCUT2D eigenvalue weighted by molar-refractivity contribution is 9.11. The van der Waals surface area contributed by atoms with Gasteiger partial charge in [-0.15, -0.1) is 0 Å². The minimum Gasteiger partial charge on any atom is -0.324 e. The Labute approximate surface area is 108 Å². The Hall–Kier alpha value is 0.130. The van der Waals surface area contributed by atoms with Gasteiger partial charge < -0.3 is 5.32 Å². The maximum absolute atomic E-state index is 11.4. The molecule has 0 aliphatic carbocycles. The summed E-state index contributed by atoms with van der Waals surface area (Å²) >= 11 is 9.90. The fourth-order valence-electron chi connectivity index (χ4n) is 0.825. The molecule has 1 aromatic carbocycles. The van der Waals surface area contributed by atoms with E-state index < -0.39 is 0 Å². The number of alkyl halides is 1. The van der Waals surface area contributed by atoms with Gasteiger partial charge in [0.1, 0.15) is 0 Å². The number of carbonyl (C=O) groups is 1. The Morgan fingerprint density at radius 3 is 2.64 bits per heavy atom. The van der Waals surface area contributed by atoms with Crippen molar-refractivity contribution in [3.05, 3.63) is 27.1 Å². The molecule has 0 aliphatic rings. The molecule has 0 spiro atoms. The summed E-state index contributed by atoms with van der Waals surface area (Å²) in [5.74, 6) is -0.0659. The number of halogens is 3. The van der Waals surface area contributed by atoms with E-state index in [4.69, 9.17) is 0 Å². The highest BCUT2D eigenvalue weighted by Crippen LogP contribution is 2.26. The van der Waals surface area contributed by atoms with Crippen LogP contribution in [0.5, 0.6) is 0 Å². The van der Waals surface area contributed by atoms with Gasteiger partial charge in [-0.3, -0.25) is 4.79 Å². The Morgan fingerprint density at radius 1 is 1.43 bits per heavy atom. The van der Waals surface area contributed by atoms with Crippen molar-refractivity contribution in [3.8, 4) is 0 Å². The van der Waals surface area contributed by atoms with Crippen molar-refractivity contribution < 1.29 is 4.79 Å². The molecule has 1 aromatic rings. The third kappa shape index (κ3) is 3.37. The van der Waals surface area contributed by atoms with Gasteiger partial charge in [0.2, 0.25) is 5.91 Å². The molecule has 1 atom stereocenters. The van der Waals surface area contributed by atoms with Crippen LogP contribution in [0.4, 0.5) is 5.69 Å². The highest BCUT2D eigenvalue weighted by Gasteiger charge is 2.10. The number of nitrogens with one attached hydrogen (secondary N) is 1. The second-order valence-electron chi connectivity index (χ2n) is 2.73. The zero-order valence-electron chi connectivity index (χ0n) is 7.35. The van der Waals surface area contributed by atoms with E-state index >= 15 is 0 Å². The molecule has 5 heteroatoms. The van der Waals surface area contributed by atoms with Gasteiger partial charge in [0.15, 0.2) is 0 Å². The van der Waals surface area contributed by atoms with E-state index in [1.54, 1.807) is 6.92 Å². The molecular formula is C9H8Br3NO. The minimum absolute atomic E-state index is 0.0659. The summed E-state index contributed by atoms with van der Waals surface area (Å²) in [6.07, 6.45) is 0. The van der Waals surface area contributed by atoms with E-state index in [-0.39, 0.29) is 10.7 Å². The lowest BCUT2D eigenvalue weighted by Gasteiger charge is -2.08. The summed E-state index contributed by atoms with van der Waals surface area (Å²) in [6.45, 7) is 1.78. The molecule has 0 aromatic heterocycles. The van der Waals surface area contributed by atoms with Crippen molar-refractivity contribution >= 4 is 59.4 Å². The summed E-state index contributed by atoms with van der Waals surface area (Å²) in [5.41, 5.74) is 0.760.